The van der Waals surface area contributed by atoms with Gasteiger partial charge in [0.2, 0.25) is 11.8 Å². The third-order valence-electron chi connectivity index (χ3n) is 5.82. The molecule has 0 aliphatic carbocycles. The van der Waals surface area contributed by atoms with Crippen molar-refractivity contribution in [2.45, 2.75) is 32.2 Å². The van der Waals surface area contributed by atoms with Crippen LogP contribution in [0.15, 0.2) is 36.9 Å². The number of nitrogens with zero attached hydrogens (tertiary/aromatic N) is 4. The molecule has 0 spiro atoms. The maximum atomic E-state index is 12.8. The summed E-state index contributed by atoms with van der Waals surface area (Å²) in [4.78, 5) is 31.3. The molecule has 2 amide bonds. The first-order chi connectivity index (χ1) is 14.1. The normalized spacial score (nSPS) is 17.4. The molecule has 2 aliphatic heterocycles. The molecule has 2 aliphatic rings. The van der Waals surface area contributed by atoms with Crippen LogP contribution < -0.4 is 0 Å². The van der Waals surface area contributed by atoms with E-state index in [1.54, 1.807) is 12.1 Å². The first-order valence-corrected chi connectivity index (χ1v) is 10.5. The summed E-state index contributed by atoms with van der Waals surface area (Å²) in [6.45, 7) is 8.39. The Kier molecular flexibility index (Phi) is 7.42. The van der Waals surface area contributed by atoms with Crippen molar-refractivity contribution >= 4 is 11.8 Å². The van der Waals surface area contributed by atoms with Crippen LogP contribution in [-0.4, -0.2) is 65.8 Å². The molecular formula is C23H30N4O2. The first-order valence-electron chi connectivity index (χ1n) is 10.5. The van der Waals surface area contributed by atoms with E-state index in [1.807, 2.05) is 32.9 Å². The summed E-state index contributed by atoms with van der Waals surface area (Å²) in [5.74, 6) is 0.436. The van der Waals surface area contributed by atoms with Gasteiger partial charge in [0.1, 0.15) is 0 Å². The predicted octanol–water partition coefficient (Wildman–Crippen LogP) is 2.41. The van der Waals surface area contributed by atoms with E-state index >= 15 is 0 Å². The standard InChI is InChI=1S/C23H30N4O2/c1-2-10-25(17-20-7-5-6-19(15-20)16-24)18-22(28)26-13-8-21(9-14-26)23(29)27-11-3-4-12-27/h2,5-7,15,21H,1,3-4,8-14,17-18H2. The molecule has 0 unspecified atom stereocenters. The summed E-state index contributed by atoms with van der Waals surface area (Å²) >= 11 is 0. The molecule has 29 heavy (non-hydrogen) atoms. The van der Waals surface area contributed by atoms with E-state index in [1.165, 1.54) is 0 Å². The van der Waals surface area contributed by atoms with Gasteiger partial charge in [-0.25, -0.2) is 0 Å². The SMILES string of the molecule is C=CCN(CC(=O)N1CCC(C(=O)N2CCCC2)CC1)Cc1cccc(C#N)c1. The van der Waals surface area contributed by atoms with Crippen molar-refractivity contribution in [3.05, 3.63) is 48.0 Å². The Morgan fingerprint density at radius 3 is 2.55 bits per heavy atom. The Balaban J connectivity index is 1.51. The summed E-state index contributed by atoms with van der Waals surface area (Å²) in [7, 11) is 0. The van der Waals surface area contributed by atoms with Gasteiger partial charge in [-0.1, -0.05) is 18.2 Å². The number of likely N-dealkylation sites (tertiary alicyclic amines) is 2. The maximum Gasteiger partial charge on any atom is 0.236 e. The highest BCUT2D eigenvalue weighted by molar-refractivity contribution is 5.81. The van der Waals surface area contributed by atoms with Gasteiger partial charge in [-0.2, -0.15) is 5.26 Å². The average molecular weight is 395 g/mol. The highest BCUT2D eigenvalue weighted by atomic mass is 16.2. The maximum absolute atomic E-state index is 12.8. The molecule has 154 valence electrons. The van der Waals surface area contributed by atoms with Crippen LogP contribution >= 0.6 is 0 Å². The quantitative estimate of drug-likeness (QED) is 0.666. The molecule has 0 atom stereocenters. The van der Waals surface area contributed by atoms with Crippen molar-refractivity contribution in [1.29, 1.82) is 5.26 Å². The molecule has 2 saturated heterocycles. The van der Waals surface area contributed by atoms with Crippen LogP contribution in [0.1, 0.15) is 36.8 Å². The first kappa shape index (κ1) is 21.1. The smallest absolute Gasteiger partial charge is 0.236 e. The average Bonchev–Trinajstić information content (AvgIpc) is 3.28. The van der Waals surface area contributed by atoms with E-state index in [4.69, 9.17) is 5.26 Å². The minimum atomic E-state index is 0.0650. The van der Waals surface area contributed by atoms with Crippen molar-refractivity contribution in [3.63, 3.8) is 0 Å². The van der Waals surface area contributed by atoms with E-state index in [-0.39, 0.29) is 17.7 Å². The third kappa shape index (κ3) is 5.68. The van der Waals surface area contributed by atoms with Crippen LogP contribution in [-0.2, 0) is 16.1 Å². The van der Waals surface area contributed by atoms with Gasteiger partial charge in [0, 0.05) is 45.2 Å². The van der Waals surface area contributed by atoms with E-state index in [0.717, 1.165) is 44.3 Å². The largest absolute Gasteiger partial charge is 0.342 e. The van der Waals surface area contributed by atoms with Crippen molar-refractivity contribution in [2.24, 2.45) is 5.92 Å². The van der Waals surface area contributed by atoms with Gasteiger partial charge in [-0.05, 0) is 43.4 Å². The van der Waals surface area contributed by atoms with Crippen molar-refractivity contribution in [1.82, 2.24) is 14.7 Å². The van der Waals surface area contributed by atoms with Crippen LogP contribution in [0.25, 0.3) is 0 Å². The van der Waals surface area contributed by atoms with Crippen molar-refractivity contribution in [2.75, 3.05) is 39.3 Å². The molecule has 6 heteroatoms. The summed E-state index contributed by atoms with van der Waals surface area (Å²) < 4.78 is 0. The van der Waals surface area contributed by atoms with Crippen molar-refractivity contribution < 1.29 is 9.59 Å². The van der Waals surface area contributed by atoms with Gasteiger partial charge >= 0.3 is 0 Å². The number of hydrogen-bond donors (Lipinski definition) is 0. The fourth-order valence-corrected chi connectivity index (χ4v) is 4.23. The Morgan fingerprint density at radius 1 is 1.17 bits per heavy atom. The molecule has 6 nitrogen and oxygen atoms in total. The Bertz CT molecular complexity index is 771. The zero-order chi connectivity index (χ0) is 20.6. The minimum Gasteiger partial charge on any atom is -0.342 e. The molecule has 1 aromatic carbocycles. The molecule has 0 bridgehead atoms. The minimum absolute atomic E-state index is 0.0650. The number of carbonyl (C=O) groups is 2. The molecule has 0 N–H and O–H groups in total. The second kappa shape index (κ2) is 10.2. The monoisotopic (exact) mass is 394 g/mol. The molecule has 3 rings (SSSR count). The second-order valence-corrected chi connectivity index (χ2v) is 7.96. The molecule has 0 radical (unpaired) electrons. The van der Waals surface area contributed by atoms with Gasteiger partial charge in [0.25, 0.3) is 0 Å². The summed E-state index contributed by atoms with van der Waals surface area (Å²) in [5, 5.41) is 9.08. The van der Waals surface area contributed by atoms with E-state index in [0.29, 0.717) is 38.3 Å². The van der Waals surface area contributed by atoms with Crippen LogP contribution in [0.2, 0.25) is 0 Å². The molecule has 2 fully saturated rings. The third-order valence-corrected chi connectivity index (χ3v) is 5.82. The number of piperidine rings is 1. The highest BCUT2D eigenvalue weighted by Crippen LogP contribution is 2.22. The highest BCUT2D eigenvalue weighted by Gasteiger charge is 2.31. The Hall–Kier alpha value is -2.65. The van der Waals surface area contributed by atoms with Crippen LogP contribution in [0.3, 0.4) is 0 Å². The van der Waals surface area contributed by atoms with Gasteiger partial charge in [0.15, 0.2) is 0 Å². The zero-order valence-corrected chi connectivity index (χ0v) is 17.1. The zero-order valence-electron chi connectivity index (χ0n) is 17.1. The number of amides is 2. The molecule has 1 aromatic rings. The van der Waals surface area contributed by atoms with Crippen LogP contribution in [0.5, 0.6) is 0 Å². The molecular weight excluding hydrogens is 364 g/mol. The van der Waals surface area contributed by atoms with Gasteiger partial charge < -0.3 is 9.80 Å². The van der Waals surface area contributed by atoms with Crippen molar-refractivity contribution in [3.8, 4) is 6.07 Å². The Labute approximate surface area is 173 Å². The van der Waals surface area contributed by atoms with Gasteiger partial charge in [0.05, 0.1) is 18.2 Å². The number of benzene rings is 1. The van der Waals surface area contributed by atoms with E-state index in [9.17, 15) is 9.59 Å². The number of carbonyl (C=O) groups excluding carboxylic acids is 2. The van der Waals surface area contributed by atoms with Gasteiger partial charge in [-0.3, -0.25) is 14.5 Å². The number of hydrogen-bond acceptors (Lipinski definition) is 4. The number of rotatable bonds is 7. The van der Waals surface area contributed by atoms with Crippen LogP contribution in [0.4, 0.5) is 0 Å². The summed E-state index contributed by atoms with van der Waals surface area (Å²) in [5.41, 5.74) is 1.63. The second-order valence-electron chi connectivity index (χ2n) is 7.96. The fraction of sp³-hybridized carbons (Fsp3) is 0.522. The topological polar surface area (TPSA) is 67.7 Å². The lowest BCUT2D eigenvalue weighted by molar-refractivity contribution is -0.140. The lowest BCUT2D eigenvalue weighted by Crippen LogP contribution is -2.46. The Morgan fingerprint density at radius 2 is 1.90 bits per heavy atom. The fourth-order valence-electron chi connectivity index (χ4n) is 4.23. The molecule has 0 saturated carbocycles. The van der Waals surface area contributed by atoms with Crippen LogP contribution in [0, 0.1) is 17.2 Å². The molecule has 2 heterocycles. The lowest BCUT2D eigenvalue weighted by Gasteiger charge is -2.34. The summed E-state index contributed by atoms with van der Waals surface area (Å²) in [6, 6.07) is 9.62. The van der Waals surface area contributed by atoms with E-state index in [2.05, 4.69) is 12.6 Å². The van der Waals surface area contributed by atoms with Gasteiger partial charge in [-0.15, -0.1) is 6.58 Å². The van der Waals surface area contributed by atoms with E-state index < -0.39 is 0 Å². The summed E-state index contributed by atoms with van der Waals surface area (Å²) in [6.07, 6.45) is 5.53. The molecule has 0 aromatic heterocycles. The predicted molar refractivity (Wildman–Crippen MR) is 112 cm³/mol. The number of nitriles is 1. The lowest BCUT2D eigenvalue weighted by atomic mass is 9.95.